The zero-order valence-electron chi connectivity index (χ0n) is 24.2. The quantitative estimate of drug-likeness (QED) is 0.136. The van der Waals surface area contributed by atoms with Gasteiger partial charge in [0.05, 0.1) is 25.1 Å². The fourth-order valence-corrected chi connectivity index (χ4v) is 4.06. The lowest BCUT2D eigenvalue weighted by atomic mass is 9.92. The van der Waals surface area contributed by atoms with Gasteiger partial charge in [0.25, 0.3) is 5.91 Å². The van der Waals surface area contributed by atoms with E-state index in [1.807, 2.05) is 25.8 Å². The SMILES string of the molecule is C.C.C.CC.COCCCNC1=C(C(=O)N(C)[C@@H]2CNC[C@H](C(=O)OC)C2)CN(C)C(C(C)(C)C)=N1.F.F.F.OO.[HH]. The van der Waals surface area contributed by atoms with E-state index >= 15 is 0 Å². The molecule has 11 nitrogen and oxygen atoms in total. The van der Waals surface area contributed by atoms with Crippen molar-refractivity contribution >= 4 is 17.7 Å². The van der Waals surface area contributed by atoms with Gasteiger partial charge in [0, 0.05) is 60.3 Å². The molecular weight excluding hydrogens is 547 g/mol. The number of amides is 1. The third-order valence-corrected chi connectivity index (χ3v) is 5.74. The fraction of sp³-hybridized carbons (Fsp3) is 0.815. The highest BCUT2D eigenvalue weighted by molar-refractivity contribution is 5.98. The smallest absolute Gasteiger partial charge is 0.310 e. The first kappa shape index (κ1) is 54.6. The molecule has 2 aliphatic rings. The number of nitrogens with one attached hydrogen (secondary N) is 2. The number of rotatable bonds is 8. The van der Waals surface area contributed by atoms with Crippen LogP contribution in [0, 0.1) is 11.3 Å². The zero-order valence-corrected chi connectivity index (χ0v) is 24.2. The van der Waals surface area contributed by atoms with Gasteiger partial charge >= 0.3 is 5.97 Å². The number of aliphatic imine (C=N–C) groups is 1. The maximum Gasteiger partial charge on any atom is 0.310 e. The van der Waals surface area contributed by atoms with Crippen molar-refractivity contribution in [3.63, 3.8) is 0 Å². The highest BCUT2D eigenvalue weighted by Crippen LogP contribution is 2.26. The van der Waals surface area contributed by atoms with E-state index in [0.29, 0.717) is 50.6 Å². The summed E-state index contributed by atoms with van der Waals surface area (Å²) in [6.45, 7) is 13.4. The topological polar surface area (TPSA) is 136 Å². The Labute approximate surface area is 248 Å². The summed E-state index contributed by atoms with van der Waals surface area (Å²) in [6, 6.07) is -0.0918. The van der Waals surface area contributed by atoms with Crippen molar-refractivity contribution in [1.29, 1.82) is 0 Å². The zero-order chi connectivity index (χ0) is 27.2. The molecule has 4 N–H and O–H groups in total. The second-order valence-electron chi connectivity index (χ2n) is 9.33. The first-order valence-electron chi connectivity index (χ1n) is 12.1. The van der Waals surface area contributed by atoms with Crippen molar-refractivity contribution in [3.05, 3.63) is 11.4 Å². The van der Waals surface area contributed by atoms with Gasteiger partial charge < -0.3 is 29.9 Å². The lowest BCUT2D eigenvalue weighted by molar-refractivity contribution is -0.176. The molecule has 41 heavy (non-hydrogen) atoms. The molecule has 254 valence electrons. The van der Waals surface area contributed by atoms with E-state index in [1.54, 1.807) is 19.1 Å². The molecular formula is C27H64F3N5O6. The first-order chi connectivity index (χ1) is 16.6. The van der Waals surface area contributed by atoms with E-state index in [2.05, 4.69) is 31.4 Å². The van der Waals surface area contributed by atoms with E-state index in [4.69, 9.17) is 25.0 Å². The number of halogens is 3. The largest absolute Gasteiger partial charge is 0.469 e. The van der Waals surface area contributed by atoms with Crippen molar-refractivity contribution < 1.29 is 45.1 Å². The Balaban J connectivity index is -0.000000168. The Morgan fingerprint density at radius 3 is 2.12 bits per heavy atom. The van der Waals surface area contributed by atoms with Gasteiger partial charge in [-0.15, -0.1) is 0 Å². The fourth-order valence-electron chi connectivity index (χ4n) is 4.06. The lowest BCUT2D eigenvalue weighted by Crippen LogP contribution is -2.53. The first-order valence-corrected chi connectivity index (χ1v) is 12.1. The molecule has 0 saturated carbocycles. The van der Waals surface area contributed by atoms with Crippen LogP contribution in [0.4, 0.5) is 14.1 Å². The van der Waals surface area contributed by atoms with E-state index in [-0.39, 0.29) is 67.1 Å². The summed E-state index contributed by atoms with van der Waals surface area (Å²) in [5, 5.41) is 18.6. The number of likely N-dealkylation sites (N-methyl/N-ethyl adjacent to an activating group) is 2. The van der Waals surface area contributed by atoms with Crippen LogP contribution in [0.2, 0.25) is 0 Å². The van der Waals surface area contributed by atoms with Crippen LogP contribution in [0.1, 0.15) is 71.2 Å². The Kier molecular flexibility index (Phi) is 37.0. The van der Waals surface area contributed by atoms with Crippen molar-refractivity contribution in [1.82, 2.24) is 20.4 Å². The highest BCUT2D eigenvalue weighted by Gasteiger charge is 2.36. The van der Waals surface area contributed by atoms with Gasteiger partial charge in [-0.05, 0) is 12.8 Å². The number of carbonyl (C=O) groups is 2. The number of nitrogens with zero attached hydrogens (tertiary/aromatic N) is 3. The summed E-state index contributed by atoms with van der Waals surface area (Å²) in [7, 11) is 6.84. The predicted molar refractivity (Wildman–Crippen MR) is 167 cm³/mol. The summed E-state index contributed by atoms with van der Waals surface area (Å²) in [5.41, 5.74) is 0.492. The maximum atomic E-state index is 13.5. The Morgan fingerprint density at radius 1 is 1.12 bits per heavy atom. The molecule has 0 bridgehead atoms. The molecule has 2 aliphatic heterocycles. The van der Waals surface area contributed by atoms with Crippen LogP contribution in [0.5, 0.6) is 0 Å². The monoisotopic (exact) mass is 611 g/mol. The second-order valence-corrected chi connectivity index (χ2v) is 9.33. The van der Waals surface area contributed by atoms with Crippen LogP contribution < -0.4 is 10.6 Å². The molecule has 0 aromatic carbocycles. The summed E-state index contributed by atoms with van der Waals surface area (Å²) < 4.78 is 10.0. The summed E-state index contributed by atoms with van der Waals surface area (Å²) in [6.07, 6.45) is 1.40. The summed E-state index contributed by atoms with van der Waals surface area (Å²) >= 11 is 0. The molecule has 1 amide bonds. The number of ether oxygens (including phenoxy) is 2. The van der Waals surface area contributed by atoms with Gasteiger partial charge in [0.15, 0.2) is 0 Å². The number of esters is 1. The van der Waals surface area contributed by atoms with Crippen LogP contribution >= 0.6 is 0 Å². The molecule has 2 rings (SSSR count). The van der Waals surface area contributed by atoms with E-state index in [0.717, 1.165) is 12.3 Å². The van der Waals surface area contributed by atoms with Crippen molar-refractivity contribution in [2.75, 3.05) is 61.1 Å². The summed E-state index contributed by atoms with van der Waals surface area (Å²) in [5.74, 6) is 0.999. The third kappa shape index (κ3) is 16.6. The predicted octanol–water partition coefficient (Wildman–Crippen LogP) is 4.48. The minimum atomic E-state index is -0.251. The van der Waals surface area contributed by atoms with Gasteiger partial charge in [-0.25, -0.2) is 4.99 Å². The minimum Gasteiger partial charge on any atom is -0.469 e. The Hall–Kier alpha value is -2.42. The van der Waals surface area contributed by atoms with E-state index in [1.165, 1.54) is 7.11 Å². The van der Waals surface area contributed by atoms with Crippen LogP contribution in [0.25, 0.3) is 0 Å². The molecule has 14 heteroatoms. The number of methoxy groups -OCH3 is 2. The highest BCUT2D eigenvalue weighted by atomic mass is 19.0. The molecule has 0 aliphatic carbocycles. The van der Waals surface area contributed by atoms with Crippen molar-refractivity contribution in [2.45, 2.75) is 75.8 Å². The average molecular weight is 612 g/mol. The number of piperidine rings is 1. The molecule has 1 saturated heterocycles. The van der Waals surface area contributed by atoms with Gasteiger partial charge in [0.1, 0.15) is 11.7 Å². The molecule has 0 unspecified atom stereocenters. The maximum absolute atomic E-state index is 13.5. The molecule has 0 aromatic heterocycles. The molecule has 2 heterocycles. The van der Waals surface area contributed by atoms with Crippen LogP contribution in [-0.4, -0.2) is 105 Å². The van der Waals surface area contributed by atoms with Crippen LogP contribution in [-0.2, 0) is 19.1 Å². The molecule has 0 spiro atoms. The molecule has 0 aromatic rings. The number of amidine groups is 1. The van der Waals surface area contributed by atoms with E-state index < -0.39 is 0 Å². The van der Waals surface area contributed by atoms with Gasteiger partial charge in [-0.2, -0.15) is 0 Å². The van der Waals surface area contributed by atoms with Crippen LogP contribution in [0.15, 0.2) is 16.4 Å². The Bertz CT molecular complexity index is 744. The minimum absolute atomic E-state index is 0. The molecule has 0 radical (unpaired) electrons. The van der Waals surface area contributed by atoms with Crippen molar-refractivity contribution in [2.24, 2.45) is 16.3 Å². The Morgan fingerprint density at radius 2 is 1.66 bits per heavy atom. The molecule has 1 fully saturated rings. The lowest BCUT2D eigenvalue weighted by Gasteiger charge is -2.38. The number of hydrogen-bond acceptors (Lipinski definition) is 10. The van der Waals surface area contributed by atoms with Gasteiger partial charge in [-0.3, -0.25) is 34.2 Å². The average Bonchev–Trinajstić information content (AvgIpc) is 2.87. The van der Waals surface area contributed by atoms with Crippen LogP contribution in [0.3, 0.4) is 0 Å². The number of hydrogen-bond donors (Lipinski definition) is 4. The molecule has 2 atom stereocenters. The third-order valence-electron chi connectivity index (χ3n) is 5.74. The van der Waals surface area contributed by atoms with E-state index in [9.17, 15) is 9.59 Å². The van der Waals surface area contributed by atoms with Crippen molar-refractivity contribution in [3.8, 4) is 0 Å². The van der Waals surface area contributed by atoms with Gasteiger partial charge in [-0.1, -0.05) is 56.9 Å². The standard InChI is InChI=1S/C22H39N5O4.C2H6.3CH4.3FH.H2O2.H2/c1-22(2,3)21-25-18(24-9-8-10-30-6)17(14-26(21)4)19(28)27(5)16-11-15(12-23-13-16)20(29)31-7;1-2;;;;;;;1-2;/h15-16,23-24H,8-14H2,1-7H3;1-2H3;3*1H4;3*1H;1-2H;1H/t15-,16+;;;;;;;;;/m1........./s1. The summed E-state index contributed by atoms with van der Waals surface area (Å²) in [4.78, 5) is 34.1. The second kappa shape index (κ2) is 27.7. The number of carbonyl (C=O) groups excluding carboxylic acids is 2. The van der Waals surface area contributed by atoms with Gasteiger partial charge in [0.2, 0.25) is 0 Å². The normalized spacial score (nSPS) is 17.0.